The average molecular weight is 325 g/mol. The number of nitrogens with one attached hydrogen (secondary N) is 3. The van der Waals surface area contributed by atoms with Crippen molar-refractivity contribution < 1.29 is 19.5 Å². The number of carboxylic acids is 1. The molecule has 23 heavy (non-hydrogen) atoms. The van der Waals surface area contributed by atoms with Gasteiger partial charge in [-0.05, 0) is 25.7 Å². The van der Waals surface area contributed by atoms with Crippen molar-refractivity contribution in [1.29, 1.82) is 0 Å². The topological polar surface area (TPSA) is 108 Å². The Morgan fingerprint density at radius 2 is 1.57 bits per heavy atom. The van der Waals surface area contributed by atoms with E-state index in [9.17, 15) is 19.5 Å². The third-order valence-corrected chi connectivity index (χ3v) is 4.85. The standard InChI is InChI=1S/C16H27N3O4/c20-13(19-16(14(21)22)9-5-2-6-10-16)11-17-15(23)18-12-7-3-1-4-8-12/h12H,1-11H2,(H,19,20)(H,21,22)(H2,17,18,23). The number of aliphatic carboxylic acids is 1. The summed E-state index contributed by atoms with van der Waals surface area (Å²) in [6.07, 6.45) is 8.87. The van der Waals surface area contributed by atoms with Crippen LogP contribution in [-0.4, -0.2) is 41.1 Å². The third-order valence-electron chi connectivity index (χ3n) is 4.85. The van der Waals surface area contributed by atoms with Crippen molar-refractivity contribution >= 4 is 17.9 Å². The van der Waals surface area contributed by atoms with Crippen molar-refractivity contribution in [2.24, 2.45) is 0 Å². The van der Waals surface area contributed by atoms with Gasteiger partial charge in [-0.25, -0.2) is 9.59 Å². The normalized spacial score (nSPS) is 21.2. The van der Waals surface area contributed by atoms with Crippen LogP contribution in [0.5, 0.6) is 0 Å². The fraction of sp³-hybridized carbons (Fsp3) is 0.812. The zero-order valence-corrected chi connectivity index (χ0v) is 13.5. The van der Waals surface area contributed by atoms with Crippen LogP contribution in [0.2, 0.25) is 0 Å². The Labute approximate surface area is 136 Å². The van der Waals surface area contributed by atoms with Crippen molar-refractivity contribution in [2.45, 2.75) is 75.8 Å². The summed E-state index contributed by atoms with van der Waals surface area (Å²) in [5.41, 5.74) is -1.17. The van der Waals surface area contributed by atoms with Gasteiger partial charge in [0.15, 0.2) is 0 Å². The van der Waals surface area contributed by atoms with Crippen molar-refractivity contribution in [3.05, 3.63) is 0 Å². The van der Waals surface area contributed by atoms with E-state index >= 15 is 0 Å². The van der Waals surface area contributed by atoms with Gasteiger partial charge in [-0.2, -0.15) is 0 Å². The molecule has 130 valence electrons. The van der Waals surface area contributed by atoms with Crippen LogP contribution in [0.4, 0.5) is 4.79 Å². The zero-order valence-electron chi connectivity index (χ0n) is 13.5. The summed E-state index contributed by atoms with van der Waals surface area (Å²) >= 11 is 0. The molecule has 0 aromatic heterocycles. The molecule has 0 heterocycles. The molecule has 0 radical (unpaired) electrons. The van der Waals surface area contributed by atoms with Gasteiger partial charge in [0, 0.05) is 6.04 Å². The van der Waals surface area contributed by atoms with Crippen LogP contribution in [0.25, 0.3) is 0 Å². The molecule has 0 aromatic rings. The summed E-state index contributed by atoms with van der Waals surface area (Å²) in [6.45, 7) is -0.201. The summed E-state index contributed by atoms with van der Waals surface area (Å²) in [4.78, 5) is 35.3. The summed E-state index contributed by atoms with van der Waals surface area (Å²) in [7, 11) is 0. The van der Waals surface area contributed by atoms with E-state index < -0.39 is 17.4 Å². The van der Waals surface area contributed by atoms with Gasteiger partial charge in [0.1, 0.15) is 5.54 Å². The lowest BCUT2D eigenvalue weighted by Gasteiger charge is -2.34. The van der Waals surface area contributed by atoms with Crippen LogP contribution >= 0.6 is 0 Å². The highest BCUT2D eigenvalue weighted by Crippen LogP contribution is 2.28. The highest BCUT2D eigenvalue weighted by molar-refractivity contribution is 5.89. The molecular weight excluding hydrogens is 298 g/mol. The number of amides is 3. The Kier molecular flexibility index (Phi) is 6.24. The molecule has 2 fully saturated rings. The second-order valence-electron chi connectivity index (χ2n) is 6.66. The van der Waals surface area contributed by atoms with Crippen molar-refractivity contribution in [3.8, 4) is 0 Å². The molecule has 2 rings (SSSR count). The molecule has 3 amide bonds. The second kappa shape index (κ2) is 8.17. The smallest absolute Gasteiger partial charge is 0.329 e. The summed E-state index contributed by atoms with van der Waals surface area (Å²) in [6, 6.07) is -0.185. The monoisotopic (exact) mass is 325 g/mol. The van der Waals surface area contributed by atoms with Crippen LogP contribution in [-0.2, 0) is 9.59 Å². The Morgan fingerprint density at radius 1 is 0.957 bits per heavy atom. The zero-order chi connectivity index (χ0) is 16.7. The number of hydrogen-bond acceptors (Lipinski definition) is 3. The van der Waals surface area contributed by atoms with E-state index in [1.807, 2.05) is 0 Å². The van der Waals surface area contributed by atoms with E-state index in [1.165, 1.54) is 6.42 Å². The first-order chi connectivity index (χ1) is 11.0. The number of urea groups is 1. The highest BCUT2D eigenvalue weighted by atomic mass is 16.4. The first-order valence-corrected chi connectivity index (χ1v) is 8.61. The van der Waals surface area contributed by atoms with Crippen molar-refractivity contribution in [2.75, 3.05) is 6.54 Å². The predicted octanol–water partition coefficient (Wildman–Crippen LogP) is 1.52. The lowest BCUT2D eigenvalue weighted by molar-refractivity contribution is -0.149. The molecule has 0 aromatic carbocycles. The van der Waals surface area contributed by atoms with Gasteiger partial charge in [0.2, 0.25) is 5.91 Å². The molecule has 2 aliphatic carbocycles. The van der Waals surface area contributed by atoms with Crippen molar-refractivity contribution in [1.82, 2.24) is 16.0 Å². The molecule has 7 heteroatoms. The lowest BCUT2D eigenvalue weighted by Crippen LogP contribution is -2.58. The summed E-state index contributed by atoms with van der Waals surface area (Å²) in [5.74, 6) is -1.44. The minimum atomic E-state index is -1.17. The van der Waals surface area contributed by atoms with E-state index in [0.29, 0.717) is 12.8 Å². The minimum absolute atomic E-state index is 0.176. The van der Waals surface area contributed by atoms with Gasteiger partial charge in [-0.1, -0.05) is 38.5 Å². The largest absolute Gasteiger partial charge is 0.480 e. The summed E-state index contributed by atoms with van der Waals surface area (Å²) in [5, 5.41) is 17.4. The van der Waals surface area contributed by atoms with Crippen LogP contribution in [0, 0.1) is 0 Å². The molecule has 4 N–H and O–H groups in total. The fourth-order valence-electron chi connectivity index (χ4n) is 3.50. The molecule has 0 bridgehead atoms. The fourth-order valence-corrected chi connectivity index (χ4v) is 3.50. The Morgan fingerprint density at radius 3 is 2.17 bits per heavy atom. The number of hydrogen-bond donors (Lipinski definition) is 4. The van der Waals surface area contributed by atoms with Gasteiger partial charge in [0.05, 0.1) is 6.54 Å². The first kappa shape index (κ1) is 17.6. The Balaban J connectivity index is 1.75. The van der Waals surface area contributed by atoms with Crippen molar-refractivity contribution in [3.63, 3.8) is 0 Å². The van der Waals surface area contributed by atoms with Crippen LogP contribution in [0.1, 0.15) is 64.2 Å². The maximum atomic E-state index is 12.0. The number of rotatable bonds is 5. The van der Waals surface area contributed by atoms with Gasteiger partial charge < -0.3 is 21.1 Å². The Hall–Kier alpha value is -1.79. The average Bonchev–Trinajstić information content (AvgIpc) is 2.55. The van der Waals surface area contributed by atoms with Gasteiger partial charge in [-0.15, -0.1) is 0 Å². The van der Waals surface area contributed by atoms with E-state index in [2.05, 4.69) is 16.0 Å². The first-order valence-electron chi connectivity index (χ1n) is 8.61. The van der Waals surface area contributed by atoms with E-state index in [4.69, 9.17) is 0 Å². The van der Waals surface area contributed by atoms with E-state index in [-0.39, 0.29) is 18.6 Å². The molecule has 2 aliphatic rings. The maximum Gasteiger partial charge on any atom is 0.329 e. The molecule has 0 aliphatic heterocycles. The predicted molar refractivity (Wildman–Crippen MR) is 85.0 cm³/mol. The van der Waals surface area contributed by atoms with E-state index in [1.54, 1.807) is 0 Å². The molecule has 0 unspecified atom stereocenters. The minimum Gasteiger partial charge on any atom is -0.480 e. The third kappa shape index (κ3) is 5.11. The van der Waals surface area contributed by atoms with Gasteiger partial charge in [0.25, 0.3) is 0 Å². The molecule has 7 nitrogen and oxygen atoms in total. The Bertz CT molecular complexity index is 441. The molecular formula is C16H27N3O4. The number of carbonyl (C=O) groups is 3. The lowest BCUT2D eigenvalue weighted by atomic mass is 9.81. The molecule has 2 saturated carbocycles. The molecule has 0 spiro atoms. The van der Waals surface area contributed by atoms with Crippen LogP contribution in [0.15, 0.2) is 0 Å². The number of carboxylic acid groups (broad SMARTS) is 1. The van der Waals surface area contributed by atoms with E-state index in [0.717, 1.165) is 44.9 Å². The van der Waals surface area contributed by atoms with Crippen LogP contribution < -0.4 is 16.0 Å². The molecule has 0 saturated heterocycles. The van der Waals surface area contributed by atoms with Gasteiger partial charge in [-0.3, -0.25) is 4.79 Å². The second-order valence-corrected chi connectivity index (χ2v) is 6.66. The highest BCUT2D eigenvalue weighted by Gasteiger charge is 2.40. The number of carbonyl (C=O) groups excluding carboxylic acids is 2. The van der Waals surface area contributed by atoms with Crippen LogP contribution in [0.3, 0.4) is 0 Å². The molecule has 0 atom stereocenters. The van der Waals surface area contributed by atoms with Gasteiger partial charge >= 0.3 is 12.0 Å². The summed E-state index contributed by atoms with van der Waals surface area (Å²) < 4.78 is 0. The quantitative estimate of drug-likeness (QED) is 0.614. The maximum absolute atomic E-state index is 12.0. The SMILES string of the molecule is O=C(CNC(=O)NC1CCCCC1)NC1(C(=O)O)CCCCC1.